The normalized spacial score (nSPS) is 12.1. The van der Waals surface area contributed by atoms with Gasteiger partial charge in [0.1, 0.15) is 10.8 Å². The highest BCUT2D eigenvalue weighted by Crippen LogP contribution is 2.45. The van der Waals surface area contributed by atoms with Crippen LogP contribution < -0.4 is 5.32 Å². The molecule has 0 atom stereocenters. The van der Waals surface area contributed by atoms with Gasteiger partial charge in [0.2, 0.25) is 0 Å². The van der Waals surface area contributed by atoms with Crippen molar-refractivity contribution in [3.05, 3.63) is 76.6 Å². The van der Waals surface area contributed by atoms with Crippen LogP contribution in [0.2, 0.25) is 0 Å². The van der Waals surface area contributed by atoms with Crippen LogP contribution in [0, 0.1) is 5.82 Å². The number of carbonyl (C=O) groups is 2. The average Bonchev–Trinajstić information content (AvgIpc) is 3.07. The summed E-state index contributed by atoms with van der Waals surface area (Å²) in [6.07, 6.45) is 1.50. The van der Waals surface area contributed by atoms with Gasteiger partial charge in [-0.25, -0.2) is 9.18 Å². The molecule has 0 bridgehead atoms. The Hall–Kier alpha value is -2.99. The Morgan fingerprint density at radius 3 is 2.64 bits per heavy atom. The fraction of sp³-hybridized carbons (Fsp3) is 0.182. The van der Waals surface area contributed by atoms with Gasteiger partial charge in [-0.2, -0.15) is 0 Å². The lowest BCUT2D eigenvalue weighted by atomic mass is 9.89. The first kappa shape index (κ1) is 18.4. The first-order chi connectivity index (χ1) is 13.6. The lowest BCUT2D eigenvalue weighted by Crippen LogP contribution is -2.16. The third kappa shape index (κ3) is 3.20. The number of aryl methyl sites for hydroxylation is 1. The van der Waals surface area contributed by atoms with Crippen LogP contribution in [-0.2, 0) is 17.6 Å². The van der Waals surface area contributed by atoms with E-state index in [9.17, 15) is 14.0 Å². The summed E-state index contributed by atoms with van der Waals surface area (Å²) < 4.78 is 19.2. The Morgan fingerprint density at radius 1 is 1.11 bits per heavy atom. The Balaban J connectivity index is 1.79. The number of fused-ring (bicyclic) bond motifs is 3. The van der Waals surface area contributed by atoms with Gasteiger partial charge in [-0.3, -0.25) is 4.79 Å². The van der Waals surface area contributed by atoms with Crippen molar-refractivity contribution in [2.24, 2.45) is 0 Å². The minimum absolute atomic E-state index is 0.0657. The number of esters is 1. The van der Waals surface area contributed by atoms with E-state index in [1.165, 1.54) is 35.1 Å². The molecule has 2 aromatic carbocycles. The van der Waals surface area contributed by atoms with Gasteiger partial charge in [-0.05, 0) is 48.6 Å². The lowest BCUT2D eigenvalue weighted by molar-refractivity contribution is 0.0527. The van der Waals surface area contributed by atoms with Crippen LogP contribution in [-0.4, -0.2) is 18.5 Å². The summed E-state index contributed by atoms with van der Waals surface area (Å²) in [5.41, 5.74) is 3.46. The summed E-state index contributed by atoms with van der Waals surface area (Å²) in [5, 5.41) is 3.13. The molecule has 0 saturated carbocycles. The molecule has 0 aliphatic heterocycles. The molecule has 0 unspecified atom stereocenters. The van der Waals surface area contributed by atoms with E-state index < -0.39 is 17.7 Å². The zero-order valence-electron chi connectivity index (χ0n) is 15.3. The molecule has 1 amide bonds. The minimum atomic E-state index is -0.607. The number of hydrogen-bond donors (Lipinski definition) is 1. The molecule has 1 N–H and O–H groups in total. The van der Waals surface area contributed by atoms with Gasteiger partial charge in [-0.15, -0.1) is 11.3 Å². The molecule has 1 aliphatic rings. The van der Waals surface area contributed by atoms with Crippen molar-refractivity contribution in [1.82, 2.24) is 0 Å². The molecule has 0 saturated heterocycles. The van der Waals surface area contributed by atoms with Crippen LogP contribution in [0.3, 0.4) is 0 Å². The third-order valence-electron chi connectivity index (χ3n) is 4.74. The molecule has 1 heterocycles. The first-order valence-electron chi connectivity index (χ1n) is 9.07. The van der Waals surface area contributed by atoms with Crippen LogP contribution in [0.25, 0.3) is 10.4 Å². The topological polar surface area (TPSA) is 55.4 Å². The summed E-state index contributed by atoms with van der Waals surface area (Å²) >= 11 is 1.33. The fourth-order valence-electron chi connectivity index (χ4n) is 3.46. The SMILES string of the molecule is CCOC(=O)c1c(NC(=O)c2ccccc2F)sc2c1CCc1ccccc1-2. The molecule has 1 aromatic heterocycles. The lowest BCUT2D eigenvalue weighted by Gasteiger charge is -2.16. The van der Waals surface area contributed by atoms with Crippen molar-refractivity contribution in [3.63, 3.8) is 0 Å². The number of anilines is 1. The summed E-state index contributed by atoms with van der Waals surface area (Å²) in [6.45, 7) is 1.98. The maximum atomic E-state index is 14.0. The highest BCUT2D eigenvalue weighted by molar-refractivity contribution is 7.20. The van der Waals surface area contributed by atoms with Crippen LogP contribution in [0.5, 0.6) is 0 Å². The second-order valence-corrected chi connectivity index (χ2v) is 7.45. The highest BCUT2D eigenvalue weighted by Gasteiger charge is 2.30. The van der Waals surface area contributed by atoms with Crippen molar-refractivity contribution in [1.29, 1.82) is 0 Å². The molecule has 4 nitrogen and oxygen atoms in total. The fourth-order valence-corrected chi connectivity index (χ4v) is 4.76. The number of nitrogens with one attached hydrogen (secondary N) is 1. The first-order valence-corrected chi connectivity index (χ1v) is 9.88. The van der Waals surface area contributed by atoms with Gasteiger partial charge in [-0.1, -0.05) is 36.4 Å². The Kier molecular flexibility index (Phi) is 4.96. The zero-order chi connectivity index (χ0) is 19.7. The largest absolute Gasteiger partial charge is 0.462 e. The van der Waals surface area contributed by atoms with E-state index in [1.54, 1.807) is 13.0 Å². The highest BCUT2D eigenvalue weighted by atomic mass is 32.1. The second-order valence-electron chi connectivity index (χ2n) is 6.43. The summed E-state index contributed by atoms with van der Waals surface area (Å²) in [6, 6.07) is 13.8. The molecular formula is C22H18FNO3S. The van der Waals surface area contributed by atoms with Crippen molar-refractivity contribution < 1.29 is 18.7 Å². The van der Waals surface area contributed by atoms with Crippen molar-refractivity contribution >= 4 is 28.2 Å². The van der Waals surface area contributed by atoms with E-state index in [1.807, 2.05) is 18.2 Å². The average molecular weight is 395 g/mol. The standard InChI is InChI=1S/C22H18FNO3S/c1-2-27-22(26)18-16-12-11-13-7-3-4-8-14(13)19(16)28-21(18)24-20(25)15-9-5-6-10-17(15)23/h3-10H,2,11-12H2,1H3,(H,24,25). The van der Waals surface area contributed by atoms with Gasteiger partial charge in [0, 0.05) is 4.88 Å². The number of thiophene rings is 1. The maximum absolute atomic E-state index is 14.0. The summed E-state index contributed by atoms with van der Waals surface area (Å²) in [4.78, 5) is 26.2. The predicted molar refractivity (Wildman–Crippen MR) is 107 cm³/mol. The van der Waals surface area contributed by atoms with Gasteiger partial charge in [0.05, 0.1) is 17.7 Å². The molecule has 142 valence electrons. The molecule has 1 aliphatic carbocycles. The van der Waals surface area contributed by atoms with E-state index in [4.69, 9.17) is 4.74 Å². The van der Waals surface area contributed by atoms with Gasteiger partial charge < -0.3 is 10.1 Å². The number of carbonyl (C=O) groups excluding carboxylic acids is 2. The summed E-state index contributed by atoms with van der Waals surface area (Å²) in [7, 11) is 0. The van der Waals surface area contributed by atoms with Gasteiger partial charge in [0.15, 0.2) is 0 Å². The number of ether oxygens (including phenoxy) is 1. The Labute approximate surface area is 166 Å². The third-order valence-corrected chi connectivity index (χ3v) is 5.92. The molecule has 6 heteroatoms. The van der Waals surface area contributed by atoms with Crippen molar-refractivity contribution in [2.45, 2.75) is 19.8 Å². The van der Waals surface area contributed by atoms with E-state index in [-0.39, 0.29) is 12.2 Å². The maximum Gasteiger partial charge on any atom is 0.341 e. The van der Waals surface area contributed by atoms with Crippen LogP contribution >= 0.6 is 11.3 Å². The molecule has 0 radical (unpaired) electrons. The van der Waals surface area contributed by atoms with Gasteiger partial charge in [0.25, 0.3) is 5.91 Å². The number of hydrogen-bond acceptors (Lipinski definition) is 4. The van der Waals surface area contributed by atoms with E-state index in [0.29, 0.717) is 17.0 Å². The van der Waals surface area contributed by atoms with Crippen LogP contribution in [0.4, 0.5) is 9.39 Å². The van der Waals surface area contributed by atoms with Gasteiger partial charge >= 0.3 is 5.97 Å². The molecule has 4 rings (SSSR count). The quantitative estimate of drug-likeness (QED) is 0.627. The van der Waals surface area contributed by atoms with Crippen molar-refractivity contribution in [3.8, 4) is 10.4 Å². The van der Waals surface area contributed by atoms with Crippen molar-refractivity contribution in [2.75, 3.05) is 11.9 Å². The van der Waals surface area contributed by atoms with E-state index in [2.05, 4.69) is 11.4 Å². The minimum Gasteiger partial charge on any atom is -0.462 e. The molecular weight excluding hydrogens is 377 g/mol. The molecule has 0 spiro atoms. The smallest absolute Gasteiger partial charge is 0.341 e. The Bertz CT molecular complexity index is 1070. The number of rotatable bonds is 4. The van der Waals surface area contributed by atoms with E-state index in [0.717, 1.165) is 22.4 Å². The zero-order valence-corrected chi connectivity index (χ0v) is 16.1. The predicted octanol–water partition coefficient (Wildman–Crippen LogP) is 5.08. The van der Waals surface area contributed by atoms with Crippen LogP contribution in [0.15, 0.2) is 48.5 Å². The molecule has 28 heavy (non-hydrogen) atoms. The monoisotopic (exact) mass is 395 g/mol. The number of halogens is 1. The molecule has 0 fully saturated rings. The summed E-state index contributed by atoms with van der Waals surface area (Å²) in [5.74, 6) is -1.66. The molecule has 3 aromatic rings. The second kappa shape index (κ2) is 7.56. The van der Waals surface area contributed by atoms with Crippen LogP contribution in [0.1, 0.15) is 38.8 Å². The number of benzene rings is 2. The Morgan fingerprint density at radius 2 is 1.86 bits per heavy atom. The number of amides is 1. The van der Waals surface area contributed by atoms with E-state index >= 15 is 0 Å².